The van der Waals surface area contributed by atoms with Gasteiger partial charge in [0.05, 0.1) is 0 Å². The van der Waals surface area contributed by atoms with E-state index in [0.29, 0.717) is 0 Å². The monoisotopic (exact) mass is 1300 g/mol. The Labute approximate surface area is 599 Å². The highest BCUT2D eigenvalue weighted by Gasteiger charge is 2.35. The molecule has 0 heterocycles. The van der Waals surface area contributed by atoms with Gasteiger partial charge in [-0.1, -0.05) is 347 Å². The molecular formula is C103H68. The molecule has 0 atom stereocenters. The molecule has 103 heavy (non-hydrogen) atoms. The molecule has 0 amide bonds. The number of rotatable bonds is 7. The standard InChI is InChI=1S/C54H34.C49H34/c1-2-16-37(17-3-1)51-43-20-8-10-22-45(43)53(46-23-11-9-21-44(46)51)42-30-31-49-50(34-42)54(41-29-27-36-15-5-7-19-39(36)33-41)48-25-13-12-24-47(48)52(49)40-28-26-35-14-4-6-18-38(35)32-40;1-49(2)45-18-10-9-15-39(45)40-25-23-36(30-46(40)49)35-24-26-43-44(29-35)48(38-22-20-32-12-4-6-14-34(32)28-38)42-17-8-7-16-41(42)47(43)37-21-19-31-11-3-5-13-33(31)27-37/h1-34H;3-30H,1-2H3. The fourth-order valence-corrected chi connectivity index (χ4v) is 17.6. The molecule has 21 rings (SSSR count). The molecule has 480 valence electrons. The van der Waals surface area contributed by atoms with Crippen molar-refractivity contribution in [2.45, 2.75) is 19.3 Å². The Morgan fingerprint density at radius 2 is 0.398 bits per heavy atom. The first-order valence-corrected chi connectivity index (χ1v) is 36.0. The molecule has 0 aliphatic heterocycles. The van der Waals surface area contributed by atoms with E-state index in [1.807, 2.05) is 0 Å². The van der Waals surface area contributed by atoms with Crippen molar-refractivity contribution < 1.29 is 0 Å². The summed E-state index contributed by atoms with van der Waals surface area (Å²) in [5, 5.41) is 25.2. The third-order valence-electron chi connectivity index (χ3n) is 22.4. The van der Waals surface area contributed by atoms with E-state index in [4.69, 9.17) is 0 Å². The second-order valence-electron chi connectivity index (χ2n) is 28.5. The average molecular weight is 1310 g/mol. The van der Waals surface area contributed by atoms with E-state index in [1.165, 1.54) is 208 Å². The van der Waals surface area contributed by atoms with Gasteiger partial charge in [-0.15, -0.1) is 0 Å². The summed E-state index contributed by atoms with van der Waals surface area (Å²) in [6, 6.07) is 140. The fourth-order valence-electron chi connectivity index (χ4n) is 17.6. The summed E-state index contributed by atoms with van der Waals surface area (Å²) in [5.41, 5.74) is 23.1. The van der Waals surface area contributed by atoms with Crippen LogP contribution in [-0.4, -0.2) is 0 Å². The minimum atomic E-state index is -0.0471. The van der Waals surface area contributed by atoms with Crippen LogP contribution in [0, 0.1) is 0 Å². The zero-order valence-electron chi connectivity index (χ0n) is 57.3. The maximum atomic E-state index is 2.48. The summed E-state index contributed by atoms with van der Waals surface area (Å²) in [6.07, 6.45) is 0. The minimum Gasteiger partial charge on any atom is -0.0622 e. The van der Waals surface area contributed by atoms with Crippen LogP contribution in [0.3, 0.4) is 0 Å². The normalized spacial score (nSPS) is 12.4. The van der Waals surface area contributed by atoms with E-state index >= 15 is 0 Å². The number of hydrogen-bond donors (Lipinski definition) is 0. The molecule has 0 saturated heterocycles. The molecule has 0 aromatic heterocycles. The molecule has 0 unspecified atom stereocenters. The third-order valence-corrected chi connectivity index (χ3v) is 22.4. The van der Waals surface area contributed by atoms with Crippen molar-refractivity contribution in [1.29, 1.82) is 0 Å². The molecule has 0 fully saturated rings. The highest BCUT2D eigenvalue weighted by Crippen LogP contribution is 2.53. The molecule has 1 aliphatic rings. The van der Waals surface area contributed by atoms with Crippen LogP contribution in [-0.2, 0) is 5.41 Å². The molecule has 20 aromatic carbocycles. The quantitative estimate of drug-likeness (QED) is 0.140. The van der Waals surface area contributed by atoms with Gasteiger partial charge in [-0.3, -0.25) is 0 Å². The fraction of sp³-hybridized carbons (Fsp3) is 0.0291. The molecule has 0 spiro atoms. The molecule has 0 saturated carbocycles. The number of hydrogen-bond acceptors (Lipinski definition) is 0. The van der Waals surface area contributed by atoms with Crippen LogP contribution in [0.2, 0.25) is 0 Å². The summed E-state index contributed by atoms with van der Waals surface area (Å²) in [6.45, 7) is 4.73. The van der Waals surface area contributed by atoms with Gasteiger partial charge in [-0.25, -0.2) is 0 Å². The Kier molecular flexibility index (Phi) is 14.1. The second kappa shape index (κ2) is 24.1. The van der Waals surface area contributed by atoms with E-state index in [0.717, 1.165) is 0 Å². The van der Waals surface area contributed by atoms with Gasteiger partial charge in [0.25, 0.3) is 0 Å². The summed E-state index contributed by atoms with van der Waals surface area (Å²) >= 11 is 0. The van der Waals surface area contributed by atoms with Gasteiger partial charge in [0, 0.05) is 5.41 Å². The van der Waals surface area contributed by atoms with E-state index in [2.05, 4.69) is 390 Å². The molecule has 0 bridgehead atoms. The van der Waals surface area contributed by atoms with Crippen molar-refractivity contribution in [3.05, 3.63) is 387 Å². The van der Waals surface area contributed by atoms with Crippen LogP contribution in [0.4, 0.5) is 0 Å². The summed E-state index contributed by atoms with van der Waals surface area (Å²) in [5.74, 6) is 0. The van der Waals surface area contributed by atoms with Crippen LogP contribution in [0.25, 0.3) is 197 Å². The Morgan fingerprint density at radius 3 is 0.796 bits per heavy atom. The first-order chi connectivity index (χ1) is 50.8. The Bertz CT molecular complexity index is 6830. The van der Waals surface area contributed by atoms with Gasteiger partial charge in [0.2, 0.25) is 0 Å². The van der Waals surface area contributed by atoms with Crippen LogP contribution < -0.4 is 0 Å². The zero-order chi connectivity index (χ0) is 68.3. The first kappa shape index (κ1) is 60.0. The smallest absolute Gasteiger partial charge is 0.0159 e. The van der Waals surface area contributed by atoms with Crippen molar-refractivity contribution in [1.82, 2.24) is 0 Å². The first-order valence-electron chi connectivity index (χ1n) is 36.0. The average Bonchev–Trinajstić information content (AvgIpc) is 1.71. The van der Waals surface area contributed by atoms with Crippen LogP contribution in [0.1, 0.15) is 25.0 Å². The van der Waals surface area contributed by atoms with E-state index in [9.17, 15) is 0 Å². The summed E-state index contributed by atoms with van der Waals surface area (Å²) in [7, 11) is 0. The molecule has 1 aliphatic carbocycles. The second-order valence-corrected chi connectivity index (χ2v) is 28.5. The summed E-state index contributed by atoms with van der Waals surface area (Å²) < 4.78 is 0. The van der Waals surface area contributed by atoms with E-state index in [-0.39, 0.29) is 5.41 Å². The maximum Gasteiger partial charge on any atom is 0.0159 e. The molecule has 0 radical (unpaired) electrons. The lowest BCUT2D eigenvalue weighted by Crippen LogP contribution is -2.14. The van der Waals surface area contributed by atoms with E-state index < -0.39 is 0 Å². The number of fused-ring (bicyclic) bond motifs is 13. The molecule has 0 heteroatoms. The van der Waals surface area contributed by atoms with Gasteiger partial charge >= 0.3 is 0 Å². The molecule has 0 nitrogen and oxygen atoms in total. The molecule has 0 N–H and O–H groups in total. The lowest BCUT2D eigenvalue weighted by Gasteiger charge is -2.22. The topological polar surface area (TPSA) is 0 Å². The van der Waals surface area contributed by atoms with Crippen molar-refractivity contribution in [3.63, 3.8) is 0 Å². The van der Waals surface area contributed by atoms with Crippen LogP contribution in [0.5, 0.6) is 0 Å². The lowest BCUT2D eigenvalue weighted by atomic mass is 9.81. The summed E-state index contributed by atoms with van der Waals surface area (Å²) in [4.78, 5) is 0. The van der Waals surface area contributed by atoms with Gasteiger partial charge < -0.3 is 0 Å². The van der Waals surface area contributed by atoms with E-state index in [1.54, 1.807) is 0 Å². The van der Waals surface area contributed by atoms with Crippen molar-refractivity contribution in [3.8, 4) is 89.0 Å². The molecular weight excluding hydrogens is 1240 g/mol. The SMILES string of the molecule is CC1(C)c2ccccc2-c2ccc(-c3ccc4c(-c5ccc6ccccc6c5)c5ccccc5c(-c5ccc6ccccc6c5)c4c3)cc21.c1ccc(-c2c3ccccc3c(-c3ccc4c(-c5ccc6ccccc6c5)c5ccccc5c(-c5ccc6ccccc6c5)c4c3)c3ccccc23)cc1. The minimum absolute atomic E-state index is 0.0471. The molecule has 20 aromatic rings. The Morgan fingerprint density at radius 1 is 0.146 bits per heavy atom. The highest BCUT2D eigenvalue weighted by molar-refractivity contribution is 6.27. The Hall–Kier alpha value is -13.0. The predicted molar refractivity (Wildman–Crippen MR) is 444 cm³/mol. The Balaban J connectivity index is 0.000000138. The van der Waals surface area contributed by atoms with Crippen LogP contribution in [0.15, 0.2) is 376 Å². The lowest BCUT2D eigenvalue weighted by molar-refractivity contribution is 0.660. The van der Waals surface area contributed by atoms with Gasteiger partial charge in [0.15, 0.2) is 0 Å². The predicted octanol–water partition coefficient (Wildman–Crippen LogP) is 28.9. The highest BCUT2D eigenvalue weighted by atomic mass is 14.4. The van der Waals surface area contributed by atoms with Crippen molar-refractivity contribution in [2.24, 2.45) is 0 Å². The van der Waals surface area contributed by atoms with Gasteiger partial charge in [-0.05, 0) is 250 Å². The largest absolute Gasteiger partial charge is 0.0622 e. The van der Waals surface area contributed by atoms with Crippen LogP contribution >= 0.6 is 0 Å². The van der Waals surface area contributed by atoms with Gasteiger partial charge in [0.1, 0.15) is 0 Å². The maximum absolute atomic E-state index is 2.48. The van der Waals surface area contributed by atoms with Crippen molar-refractivity contribution >= 4 is 108 Å². The van der Waals surface area contributed by atoms with Gasteiger partial charge in [-0.2, -0.15) is 0 Å². The zero-order valence-corrected chi connectivity index (χ0v) is 57.3. The number of benzene rings is 20. The third kappa shape index (κ3) is 9.89. The van der Waals surface area contributed by atoms with Crippen molar-refractivity contribution in [2.75, 3.05) is 0 Å².